The summed E-state index contributed by atoms with van der Waals surface area (Å²) >= 11 is 0. The largest absolute Gasteiger partial charge is 0.504 e. The Morgan fingerprint density at radius 1 is 1.28 bits per heavy atom. The molecule has 1 aromatic carbocycles. The van der Waals surface area contributed by atoms with Crippen LogP contribution < -0.4 is 15.4 Å². The number of ether oxygens (including phenoxy) is 1. The first-order chi connectivity index (χ1) is 12.0. The SMILES string of the molecule is CCNC(=NCc1ccc(O)c(OCC)c1)NC(C)c1ccc(C)o1. The van der Waals surface area contributed by atoms with E-state index in [9.17, 15) is 5.11 Å². The predicted molar refractivity (Wildman–Crippen MR) is 99.1 cm³/mol. The number of aliphatic imine (C=N–C) groups is 1. The van der Waals surface area contributed by atoms with Gasteiger partial charge in [-0.05, 0) is 57.5 Å². The zero-order valence-electron chi connectivity index (χ0n) is 15.3. The fraction of sp³-hybridized carbons (Fsp3) is 0.421. The summed E-state index contributed by atoms with van der Waals surface area (Å²) in [5.41, 5.74) is 0.958. The summed E-state index contributed by atoms with van der Waals surface area (Å²) < 4.78 is 11.1. The van der Waals surface area contributed by atoms with Crippen molar-refractivity contribution in [3.63, 3.8) is 0 Å². The second-order valence-corrected chi connectivity index (χ2v) is 5.74. The maximum Gasteiger partial charge on any atom is 0.192 e. The molecule has 0 amide bonds. The smallest absolute Gasteiger partial charge is 0.192 e. The van der Waals surface area contributed by atoms with Gasteiger partial charge in [0.05, 0.1) is 19.2 Å². The van der Waals surface area contributed by atoms with Crippen molar-refractivity contribution >= 4 is 5.96 Å². The number of nitrogens with one attached hydrogen (secondary N) is 2. The van der Waals surface area contributed by atoms with Crippen LogP contribution in [0.4, 0.5) is 0 Å². The van der Waals surface area contributed by atoms with Crippen molar-refractivity contribution < 1.29 is 14.3 Å². The number of aromatic hydroxyl groups is 1. The van der Waals surface area contributed by atoms with E-state index >= 15 is 0 Å². The Morgan fingerprint density at radius 2 is 2.08 bits per heavy atom. The molecule has 0 saturated heterocycles. The van der Waals surface area contributed by atoms with E-state index in [1.807, 2.05) is 52.0 Å². The molecule has 1 heterocycles. The Bertz CT molecular complexity index is 710. The third-order valence-corrected chi connectivity index (χ3v) is 3.63. The van der Waals surface area contributed by atoms with E-state index in [1.165, 1.54) is 0 Å². The van der Waals surface area contributed by atoms with Crippen molar-refractivity contribution in [3.05, 3.63) is 47.4 Å². The first-order valence-corrected chi connectivity index (χ1v) is 8.59. The number of benzene rings is 1. The van der Waals surface area contributed by atoms with Crippen molar-refractivity contribution in [2.24, 2.45) is 4.99 Å². The third-order valence-electron chi connectivity index (χ3n) is 3.63. The zero-order valence-corrected chi connectivity index (χ0v) is 15.3. The van der Waals surface area contributed by atoms with Crippen LogP contribution in [0.15, 0.2) is 39.7 Å². The van der Waals surface area contributed by atoms with Gasteiger partial charge in [0.15, 0.2) is 17.5 Å². The molecule has 1 unspecified atom stereocenters. The third kappa shape index (κ3) is 5.45. The van der Waals surface area contributed by atoms with Gasteiger partial charge in [-0.1, -0.05) is 6.07 Å². The van der Waals surface area contributed by atoms with Crippen LogP contribution in [0.2, 0.25) is 0 Å². The second-order valence-electron chi connectivity index (χ2n) is 5.74. The minimum atomic E-state index is 0.00491. The highest BCUT2D eigenvalue weighted by Crippen LogP contribution is 2.27. The highest BCUT2D eigenvalue weighted by molar-refractivity contribution is 5.80. The van der Waals surface area contributed by atoms with E-state index in [-0.39, 0.29) is 11.8 Å². The Labute approximate surface area is 148 Å². The molecule has 0 fully saturated rings. The normalized spacial score (nSPS) is 12.7. The van der Waals surface area contributed by atoms with Gasteiger partial charge in [0.2, 0.25) is 0 Å². The summed E-state index contributed by atoms with van der Waals surface area (Å²) in [6.07, 6.45) is 0. The summed E-state index contributed by atoms with van der Waals surface area (Å²) in [5, 5.41) is 16.3. The van der Waals surface area contributed by atoms with Crippen LogP contribution in [0.5, 0.6) is 11.5 Å². The average Bonchev–Trinajstić information content (AvgIpc) is 3.02. The Balaban J connectivity index is 2.07. The number of hydrogen-bond acceptors (Lipinski definition) is 4. The Hall–Kier alpha value is -2.63. The van der Waals surface area contributed by atoms with Gasteiger partial charge in [-0.2, -0.15) is 0 Å². The summed E-state index contributed by atoms with van der Waals surface area (Å²) in [7, 11) is 0. The molecular weight excluding hydrogens is 318 g/mol. The lowest BCUT2D eigenvalue weighted by Crippen LogP contribution is -2.38. The Kier molecular flexibility index (Phi) is 6.74. The zero-order chi connectivity index (χ0) is 18.2. The lowest BCUT2D eigenvalue weighted by Gasteiger charge is -2.16. The first-order valence-electron chi connectivity index (χ1n) is 8.59. The number of phenols is 1. The van der Waals surface area contributed by atoms with E-state index in [0.29, 0.717) is 24.9 Å². The second kappa shape index (κ2) is 9.01. The maximum atomic E-state index is 9.78. The van der Waals surface area contributed by atoms with Gasteiger partial charge in [-0.15, -0.1) is 0 Å². The summed E-state index contributed by atoms with van der Waals surface area (Å²) in [4.78, 5) is 4.60. The topological polar surface area (TPSA) is 79.0 Å². The molecule has 2 aromatic rings. The van der Waals surface area contributed by atoms with Crippen LogP contribution in [0.3, 0.4) is 0 Å². The van der Waals surface area contributed by atoms with Gasteiger partial charge >= 0.3 is 0 Å². The van der Waals surface area contributed by atoms with Crippen LogP contribution in [0, 0.1) is 6.92 Å². The molecule has 0 bridgehead atoms. The number of furan rings is 1. The number of phenolic OH excluding ortho intramolecular Hbond substituents is 1. The van der Waals surface area contributed by atoms with E-state index in [2.05, 4.69) is 15.6 Å². The molecule has 1 aromatic heterocycles. The molecule has 25 heavy (non-hydrogen) atoms. The highest BCUT2D eigenvalue weighted by Gasteiger charge is 2.11. The number of aryl methyl sites for hydroxylation is 1. The molecule has 6 nitrogen and oxygen atoms in total. The first kappa shape index (κ1) is 18.7. The molecule has 136 valence electrons. The molecule has 0 aliphatic heterocycles. The van der Waals surface area contributed by atoms with Crippen molar-refractivity contribution in [2.45, 2.75) is 40.3 Å². The van der Waals surface area contributed by atoms with E-state index in [1.54, 1.807) is 6.07 Å². The highest BCUT2D eigenvalue weighted by atomic mass is 16.5. The van der Waals surface area contributed by atoms with Gasteiger partial charge in [-0.3, -0.25) is 0 Å². The summed E-state index contributed by atoms with van der Waals surface area (Å²) in [6, 6.07) is 9.19. The van der Waals surface area contributed by atoms with Gasteiger partial charge < -0.3 is 24.9 Å². The predicted octanol–water partition coefficient (Wildman–Crippen LogP) is 3.51. The minimum Gasteiger partial charge on any atom is -0.504 e. The Morgan fingerprint density at radius 3 is 2.72 bits per heavy atom. The van der Waals surface area contributed by atoms with Crippen LogP contribution in [0.1, 0.15) is 43.9 Å². The molecule has 0 saturated carbocycles. The maximum absolute atomic E-state index is 9.78. The molecule has 3 N–H and O–H groups in total. The average molecular weight is 345 g/mol. The number of nitrogens with zero attached hydrogens (tertiary/aromatic N) is 1. The molecule has 0 aliphatic rings. The molecule has 2 rings (SSSR count). The van der Waals surface area contributed by atoms with Crippen molar-refractivity contribution in [2.75, 3.05) is 13.2 Å². The van der Waals surface area contributed by atoms with E-state index < -0.39 is 0 Å². The fourth-order valence-electron chi connectivity index (χ4n) is 2.38. The lowest BCUT2D eigenvalue weighted by molar-refractivity contribution is 0.318. The summed E-state index contributed by atoms with van der Waals surface area (Å²) in [5.74, 6) is 3.08. The molecule has 0 aliphatic carbocycles. The van der Waals surface area contributed by atoms with Crippen molar-refractivity contribution in [1.29, 1.82) is 0 Å². The number of rotatable bonds is 7. The molecule has 6 heteroatoms. The van der Waals surface area contributed by atoms with Crippen LogP contribution in [0.25, 0.3) is 0 Å². The monoisotopic (exact) mass is 345 g/mol. The standard InChI is InChI=1S/C19H27N3O3/c1-5-20-19(22-14(4)17-10-7-13(3)25-17)21-12-15-8-9-16(23)18(11-15)24-6-2/h7-11,14,23H,5-6,12H2,1-4H3,(H2,20,21,22). The molecule has 0 spiro atoms. The van der Waals surface area contributed by atoms with Crippen LogP contribution in [-0.2, 0) is 6.54 Å². The van der Waals surface area contributed by atoms with Crippen LogP contribution >= 0.6 is 0 Å². The van der Waals surface area contributed by atoms with Gasteiger partial charge in [-0.25, -0.2) is 4.99 Å². The van der Waals surface area contributed by atoms with E-state index in [4.69, 9.17) is 9.15 Å². The van der Waals surface area contributed by atoms with E-state index in [0.717, 1.165) is 23.6 Å². The van der Waals surface area contributed by atoms with Gasteiger partial charge in [0.25, 0.3) is 0 Å². The van der Waals surface area contributed by atoms with Crippen molar-refractivity contribution in [3.8, 4) is 11.5 Å². The lowest BCUT2D eigenvalue weighted by atomic mass is 10.2. The van der Waals surface area contributed by atoms with Gasteiger partial charge in [0.1, 0.15) is 11.5 Å². The summed E-state index contributed by atoms with van der Waals surface area (Å²) in [6.45, 7) is 9.59. The van der Waals surface area contributed by atoms with Crippen LogP contribution in [-0.4, -0.2) is 24.2 Å². The number of hydrogen-bond donors (Lipinski definition) is 3. The van der Waals surface area contributed by atoms with Gasteiger partial charge in [0, 0.05) is 6.54 Å². The molecule has 0 radical (unpaired) electrons. The van der Waals surface area contributed by atoms with Crippen molar-refractivity contribution in [1.82, 2.24) is 10.6 Å². The number of guanidine groups is 1. The molecule has 1 atom stereocenters. The molecular formula is C19H27N3O3. The quantitative estimate of drug-likeness (QED) is 0.529. The minimum absolute atomic E-state index is 0.00491. The fourth-order valence-corrected chi connectivity index (χ4v) is 2.38.